The van der Waals surface area contributed by atoms with Crippen LogP contribution in [0.2, 0.25) is 0 Å². The molecule has 2 rings (SSSR count). The molecule has 2 aromatic carbocycles. The zero-order chi connectivity index (χ0) is 17.4. The molecular formula is C22H20O2. The summed E-state index contributed by atoms with van der Waals surface area (Å²) in [5.41, 5.74) is 3.98. The molecule has 0 N–H and O–H groups in total. The van der Waals surface area contributed by atoms with Gasteiger partial charge in [0.25, 0.3) is 0 Å². The molecule has 0 bridgehead atoms. The highest BCUT2D eigenvalue weighted by molar-refractivity contribution is 5.77. The minimum atomic E-state index is -0.349. The lowest BCUT2D eigenvalue weighted by Gasteiger charge is -2.07. The third-order valence-electron chi connectivity index (χ3n) is 3.39. The standard InChI is InChI=1S/C22H20O2/c1-4-18-9-11-20(12-10-18)7-6-8-22(24-17(3)23)21-15-13-19(5-2)14-16-21/h4-16H,1-2H2,3H3/b7-6+,22-8+. The number of carbonyl (C=O) groups excluding carboxylic acids is 1. The van der Waals surface area contributed by atoms with Crippen molar-refractivity contribution in [2.24, 2.45) is 0 Å². The van der Waals surface area contributed by atoms with E-state index in [9.17, 15) is 4.79 Å². The lowest BCUT2D eigenvalue weighted by Crippen LogP contribution is -1.98. The molecule has 0 saturated carbocycles. The van der Waals surface area contributed by atoms with E-state index in [0.717, 1.165) is 22.3 Å². The lowest BCUT2D eigenvalue weighted by atomic mass is 10.1. The summed E-state index contributed by atoms with van der Waals surface area (Å²) in [7, 11) is 0. The molecule has 0 fully saturated rings. The van der Waals surface area contributed by atoms with E-state index in [1.54, 1.807) is 18.2 Å². The molecule has 0 saturated heterocycles. The molecule has 0 heterocycles. The molecule has 0 aliphatic heterocycles. The highest BCUT2D eigenvalue weighted by atomic mass is 16.5. The molecule has 0 radical (unpaired) electrons. The minimum absolute atomic E-state index is 0.349. The topological polar surface area (TPSA) is 26.3 Å². The Kier molecular flexibility index (Phi) is 6.09. The summed E-state index contributed by atoms with van der Waals surface area (Å²) in [4.78, 5) is 11.3. The number of rotatable bonds is 6. The third-order valence-corrected chi connectivity index (χ3v) is 3.39. The van der Waals surface area contributed by atoms with Gasteiger partial charge in [-0.25, -0.2) is 0 Å². The molecule has 0 atom stereocenters. The van der Waals surface area contributed by atoms with Gasteiger partial charge in [-0.1, -0.05) is 86.0 Å². The van der Waals surface area contributed by atoms with Crippen molar-refractivity contribution in [2.75, 3.05) is 0 Å². The number of carbonyl (C=O) groups is 1. The van der Waals surface area contributed by atoms with Crippen molar-refractivity contribution in [1.29, 1.82) is 0 Å². The Morgan fingerprint density at radius 3 is 1.88 bits per heavy atom. The molecule has 0 aliphatic rings. The fourth-order valence-electron chi connectivity index (χ4n) is 2.12. The van der Waals surface area contributed by atoms with E-state index in [4.69, 9.17) is 4.74 Å². The largest absolute Gasteiger partial charge is 0.426 e. The maximum atomic E-state index is 11.3. The first-order valence-electron chi connectivity index (χ1n) is 7.64. The van der Waals surface area contributed by atoms with Crippen LogP contribution in [0.1, 0.15) is 29.2 Å². The number of ether oxygens (including phenoxy) is 1. The van der Waals surface area contributed by atoms with Gasteiger partial charge in [0.1, 0.15) is 5.76 Å². The Bertz CT molecular complexity index is 776. The maximum Gasteiger partial charge on any atom is 0.308 e. The Labute approximate surface area is 143 Å². The van der Waals surface area contributed by atoms with Gasteiger partial charge >= 0.3 is 5.97 Å². The van der Waals surface area contributed by atoms with E-state index < -0.39 is 0 Å². The summed E-state index contributed by atoms with van der Waals surface area (Å²) in [5, 5.41) is 0. The van der Waals surface area contributed by atoms with Crippen molar-refractivity contribution < 1.29 is 9.53 Å². The smallest absolute Gasteiger partial charge is 0.308 e. The molecule has 2 aromatic rings. The van der Waals surface area contributed by atoms with Crippen LogP contribution >= 0.6 is 0 Å². The van der Waals surface area contributed by atoms with Gasteiger partial charge in [0.05, 0.1) is 0 Å². The summed E-state index contributed by atoms with van der Waals surface area (Å²) < 4.78 is 5.32. The highest BCUT2D eigenvalue weighted by Gasteiger charge is 2.04. The molecule has 2 heteroatoms. The number of benzene rings is 2. The van der Waals surface area contributed by atoms with Crippen molar-refractivity contribution in [3.8, 4) is 0 Å². The summed E-state index contributed by atoms with van der Waals surface area (Å²) >= 11 is 0. The van der Waals surface area contributed by atoms with Gasteiger partial charge < -0.3 is 4.74 Å². The summed E-state index contributed by atoms with van der Waals surface area (Å²) in [6, 6.07) is 15.7. The van der Waals surface area contributed by atoms with Crippen LogP contribution in [-0.4, -0.2) is 5.97 Å². The molecule has 0 unspecified atom stereocenters. The van der Waals surface area contributed by atoms with Crippen LogP contribution in [-0.2, 0) is 9.53 Å². The molecule has 24 heavy (non-hydrogen) atoms. The van der Waals surface area contributed by atoms with E-state index in [-0.39, 0.29) is 5.97 Å². The average Bonchev–Trinajstić information content (AvgIpc) is 2.61. The molecule has 0 amide bonds. The first kappa shape index (κ1) is 17.2. The highest BCUT2D eigenvalue weighted by Crippen LogP contribution is 2.18. The lowest BCUT2D eigenvalue weighted by molar-refractivity contribution is -0.134. The van der Waals surface area contributed by atoms with Gasteiger partial charge in [-0.15, -0.1) is 0 Å². The van der Waals surface area contributed by atoms with Crippen molar-refractivity contribution in [2.45, 2.75) is 6.92 Å². The van der Waals surface area contributed by atoms with Gasteiger partial charge in [-0.05, 0) is 22.8 Å². The van der Waals surface area contributed by atoms with Gasteiger partial charge in [-0.2, -0.15) is 0 Å². The second kappa shape index (κ2) is 8.49. The predicted molar refractivity (Wildman–Crippen MR) is 102 cm³/mol. The Balaban J connectivity index is 2.23. The van der Waals surface area contributed by atoms with E-state index in [2.05, 4.69) is 13.2 Å². The molecule has 120 valence electrons. The van der Waals surface area contributed by atoms with Crippen LogP contribution in [0.15, 0.2) is 73.8 Å². The van der Waals surface area contributed by atoms with Crippen LogP contribution in [0.4, 0.5) is 0 Å². The number of allylic oxidation sites excluding steroid dienone is 2. The van der Waals surface area contributed by atoms with Crippen molar-refractivity contribution >= 4 is 30.0 Å². The van der Waals surface area contributed by atoms with E-state index in [1.807, 2.05) is 60.7 Å². The Morgan fingerprint density at radius 2 is 1.38 bits per heavy atom. The minimum Gasteiger partial charge on any atom is -0.426 e. The summed E-state index contributed by atoms with van der Waals surface area (Å²) in [6.07, 6.45) is 9.17. The fraction of sp³-hybridized carbons (Fsp3) is 0.0455. The van der Waals surface area contributed by atoms with Crippen LogP contribution in [0.3, 0.4) is 0 Å². The van der Waals surface area contributed by atoms with Gasteiger partial charge in [0, 0.05) is 12.5 Å². The normalized spacial score (nSPS) is 11.3. The summed E-state index contributed by atoms with van der Waals surface area (Å²) in [6.45, 7) is 8.86. The van der Waals surface area contributed by atoms with Crippen LogP contribution in [0.25, 0.3) is 24.0 Å². The zero-order valence-electron chi connectivity index (χ0n) is 13.7. The van der Waals surface area contributed by atoms with Gasteiger partial charge in [0.15, 0.2) is 0 Å². The Hall–Kier alpha value is -3.13. The first-order chi connectivity index (χ1) is 11.6. The van der Waals surface area contributed by atoms with E-state index in [0.29, 0.717) is 5.76 Å². The SMILES string of the molecule is C=Cc1ccc(/C=C/C=C(/OC(C)=O)c2ccc(C=C)cc2)cc1. The second-order valence-electron chi connectivity index (χ2n) is 5.18. The van der Waals surface area contributed by atoms with E-state index in [1.165, 1.54) is 6.92 Å². The van der Waals surface area contributed by atoms with Crippen LogP contribution in [0.5, 0.6) is 0 Å². The van der Waals surface area contributed by atoms with Crippen molar-refractivity contribution in [1.82, 2.24) is 0 Å². The summed E-state index contributed by atoms with van der Waals surface area (Å²) in [5.74, 6) is 0.162. The predicted octanol–water partition coefficient (Wildman–Crippen LogP) is 5.59. The first-order valence-corrected chi connectivity index (χ1v) is 7.64. The van der Waals surface area contributed by atoms with Crippen molar-refractivity contribution in [3.05, 3.63) is 96.1 Å². The molecule has 0 aliphatic carbocycles. The van der Waals surface area contributed by atoms with Crippen LogP contribution in [0, 0.1) is 0 Å². The molecule has 0 aromatic heterocycles. The number of esters is 1. The zero-order valence-corrected chi connectivity index (χ0v) is 13.7. The maximum absolute atomic E-state index is 11.3. The second-order valence-corrected chi connectivity index (χ2v) is 5.18. The number of hydrogen-bond donors (Lipinski definition) is 0. The van der Waals surface area contributed by atoms with Crippen LogP contribution < -0.4 is 0 Å². The molecular weight excluding hydrogens is 296 g/mol. The molecule has 0 spiro atoms. The molecule has 2 nitrogen and oxygen atoms in total. The fourth-order valence-corrected chi connectivity index (χ4v) is 2.12. The Morgan fingerprint density at radius 1 is 0.875 bits per heavy atom. The van der Waals surface area contributed by atoms with Crippen molar-refractivity contribution in [3.63, 3.8) is 0 Å². The monoisotopic (exact) mass is 316 g/mol. The average molecular weight is 316 g/mol. The van der Waals surface area contributed by atoms with E-state index >= 15 is 0 Å². The number of hydrogen-bond acceptors (Lipinski definition) is 2. The quantitative estimate of drug-likeness (QED) is 0.394. The van der Waals surface area contributed by atoms with Gasteiger partial charge in [-0.3, -0.25) is 4.79 Å². The van der Waals surface area contributed by atoms with Gasteiger partial charge in [0.2, 0.25) is 0 Å². The third kappa shape index (κ3) is 4.96.